The molecule has 3 aromatic rings. The van der Waals surface area contributed by atoms with Crippen LogP contribution in [0, 0.1) is 6.92 Å². The summed E-state index contributed by atoms with van der Waals surface area (Å²) in [6, 6.07) is 9.26. The van der Waals surface area contributed by atoms with Gasteiger partial charge < -0.3 is 20.1 Å². The van der Waals surface area contributed by atoms with Crippen molar-refractivity contribution in [1.82, 2.24) is 10.3 Å². The molecule has 26 heavy (non-hydrogen) atoms. The number of thiophene rings is 1. The summed E-state index contributed by atoms with van der Waals surface area (Å²) in [6.45, 7) is 2.78. The Labute approximate surface area is 158 Å². The van der Waals surface area contributed by atoms with Crippen LogP contribution in [0.3, 0.4) is 0 Å². The van der Waals surface area contributed by atoms with Crippen LogP contribution in [0.15, 0.2) is 35.7 Å². The van der Waals surface area contributed by atoms with Crippen molar-refractivity contribution in [2.24, 2.45) is 0 Å². The van der Waals surface area contributed by atoms with E-state index in [0.717, 1.165) is 22.0 Å². The van der Waals surface area contributed by atoms with Gasteiger partial charge in [-0.3, -0.25) is 0 Å². The molecule has 0 saturated carbocycles. The van der Waals surface area contributed by atoms with Gasteiger partial charge in [-0.2, -0.15) is 0 Å². The van der Waals surface area contributed by atoms with Crippen LogP contribution in [0.25, 0.3) is 10.6 Å². The molecule has 0 aliphatic carbocycles. The molecule has 1 aromatic carbocycles. The zero-order valence-corrected chi connectivity index (χ0v) is 15.7. The first-order chi connectivity index (χ1) is 12.7. The highest BCUT2D eigenvalue weighted by Crippen LogP contribution is 2.34. The molecule has 3 heterocycles. The number of aryl methyl sites for hydroxylation is 1. The van der Waals surface area contributed by atoms with Crippen LogP contribution in [0.2, 0.25) is 0 Å². The first-order valence-corrected chi connectivity index (χ1v) is 9.83. The topological polar surface area (TPSA) is 72.5 Å². The number of thiazole rings is 1. The molecule has 0 atom stereocenters. The third-order valence-electron chi connectivity index (χ3n) is 3.82. The van der Waals surface area contributed by atoms with Gasteiger partial charge in [0.2, 0.25) is 6.79 Å². The summed E-state index contributed by atoms with van der Waals surface area (Å²) < 4.78 is 10.6. The van der Waals surface area contributed by atoms with E-state index >= 15 is 0 Å². The van der Waals surface area contributed by atoms with Crippen molar-refractivity contribution in [2.45, 2.75) is 13.3 Å². The number of amides is 2. The third-order valence-corrected chi connectivity index (χ3v) is 5.76. The number of benzene rings is 1. The normalized spacial score (nSPS) is 12.2. The SMILES string of the molecule is Cc1nc(-c2ccc(CCNC(=O)Nc3ccc4c(c3)OCO4)s2)cs1. The molecule has 0 bridgehead atoms. The fourth-order valence-electron chi connectivity index (χ4n) is 2.58. The number of fused-ring (bicyclic) bond motifs is 1. The summed E-state index contributed by atoms with van der Waals surface area (Å²) in [5.41, 5.74) is 1.70. The van der Waals surface area contributed by atoms with Crippen molar-refractivity contribution < 1.29 is 14.3 Å². The number of carbonyl (C=O) groups excluding carboxylic acids is 1. The van der Waals surface area contributed by atoms with Crippen LogP contribution >= 0.6 is 22.7 Å². The van der Waals surface area contributed by atoms with Gasteiger partial charge in [0.1, 0.15) is 0 Å². The average Bonchev–Trinajstić information content (AvgIpc) is 3.34. The molecule has 1 aliphatic rings. The highest BCUT2D eigenvalue weighted by Gasteiger charge is 2.14. The number of hydrogen-bond acceptors (Lipinski definition) is 6. The van der Waals surface area contributed by atoms with Crippen LogP contribution in [-0.2, 0) is 6.42 Å². The van der Waals surface area contributed by atoms with Crippen LogP contribution in [-0.4, -0.2) is 24.4 Å². The lowest BCUT2D eigenvalue weighted by Gasteiger charge is -2.07. The van der Waals surface area contributed by atoms with Gasteiger partial charge in [-0.25, -0.2) is 9.78 Å². The molecule has 6 nitrogen and oxygen atoms in total. The summed E-state index contributed by atoms with van der Waals surface area (Å²) in [6.07, 6.45) is 0.780. The second-order valence-corrected chi connectivity index (χ2v) is 7.95. The molecule has 0 fully saturated rings. The van der Waals surface area contributed by atoms with Crippen LogP contribution < -0.4 is 20.1 Å². The Morgan fingerprint density at radius 2 is 2.12 bits per heavy atom. The standard InChI is InChI=1S/C18H17N3O3S2/c1-11-20-14(9-25-11)17-5-3-13(26-17)6-7-19-18(22)21-12-2-4-15-16(8-12)24-10-23-15/h2-5,8-9H,6-7,10H2,1H3,(H2,19,21,22). The largest absolute Gasteiger partial charge is 0.454 e. The molecule has 1 aliphatic heterocycles. The van der Waals surface area contributed by atoms with Gasteiger partial charge in [-0.1, -0.05) is 0 Å². The van der Waals surface area contributed by atoms with Gasteiger partial charge in [-0.05, 0) is 37.6 Å². The molecule has 8 heteroatoms. The molecule has 0 spiro atoms. The van der Waals surface area contributed by atoms with E-state index in [1.807, 2.05) is 6.92 Å². The van der Waals surface area contributed by atoms with Gasteiger partial charge in [0.05, 0.1) is 15.6 Å². The number of rotatable bonds is 5. The van der Waals surface area contributed by atoms with Crippen LogP contribution in [0.1, 0.15) is 9.88 Å². The van der Waals surface area contributed by atoms with Crippen molar-refractivity contribution in [2.75, 3.05) is 18.7 Å². The highest BCUT2D eigenvalue weighted by molar-refractivity contribution is 7.16. The summed E-state index contributed by atoms with van der Waals surface area (Å²) in [5.74, 6) is 1.34. The molecule has 0 radical (unpaired) electrons. The summed E-state index contributed by atoms with van der Waals surface area (Å²) in [4.78, 5) is 18.9. The Kier molecular flexibility index (Phi) is 4.77. The van der Waals surface area contributed by atoms with Gasteiger partial charge >= 0.3 is 6.03 Å². The molecular formula is C18H17N3O3S2. The maximum Gasteiger partial charge on any atom is 0.319 e. The first-order valence-electron chi connectivity index (χ1n) is 8.13. The van der Waals surface area contributed by atoms with Gasteiger partial charge in [0, 0.05) is 28.6 Å². The number of anilines is 1. The average molecular weight is 387 g/mol. The Bertz CT molecular complexity index is 935. The number of nitrogens with zero attached hydrogens (tertiary/aromatic N) is 1. The van der Waals surface area contributed by atoms with E-state index in [-0.39, 0.29) is 12.8 Å². The van der Waals surface area contributed by atoms with Crippen LogP contribution in [0.5, 0.6) is 11.5 Å². The van der Waals surface area contributed by atoms with E-state index in [1.54, 1.807) is 40.9 Å². The molecule has 2 N–H and O–H groups in total. The van der Waals surface area contributed by atoms with Crippen molar-refractivity contribution in [1.29, 1.82) is 0 Å². The summed E-state index contributed by atoms with van der Waals surface area (Å²) in [7, 11) is 0. The van der Waals surface area contributed by atoms with Crippen LogP contribution in [0.4, 0.5) is 10.5 Å². The van der Waals surface area contributed by atoms with E-state index < -0.39 is 0 Å². The number of nitrogens with one attached hydrogen (secondary N) is 2. The maximum absolute atomic E-state index is 12.0. The van der Waals surface area contributed by atoms with E-state index in [9.17, 15) is 4.79 Å². The fraction of sp³-hybridized carbons (Fsp3) is 0.222. The molecule has 0 saturated heterocycles. The number of urea groups is 1. The van der Waals surface area contributed by atoms with Gasteiger partial charge in [0.25, 0.3) is 0 Å². The Morgan fingerprint density at radius 3 is 2.96 bits per heavy atom. The molecule has 4 rings (SSSR count). The molecular weight excluding hydrogens is 370 g/mol. The monoisotopic (exact) mass is 387 g/mol. The minimum atomic E-state index is -0.240. The second kappa shape index (κ2) is 7.35. The lowest BCUT2D eigenvalue weighted by Crippen LogP contribution is -2.30. The van der Waals surface area contributed by atoms with E-state index in [1.165, 1.54) is 4.88 Å². The lowest BCUT2D eigenvalue weighted by molar-refractivity contribution is 0.174. The lowest BCUT2D eigenvalue weighted by atomic mass is 10.3. The van der Waals surface area contributed by atoms with E-state index in [0.29, 0.717) is 23.7 Å². The zero-order valence-electron chi connectivity index (χ0n) is 14.1. The van der Waals surface area contributed by atoms with E-state index in [2.05, 4.69) is 33.1 Å². The number of hydrogen-bond donors (Lipinski definition) is 2. The predicted octanol–water partition coefficient (Wildman–Crippen LogP) is 4.27. The van der Waals surface area contributed by atoms with Gasteiger partial charge in [-0.15, -0.1) is 22.7 Å². The van der Waals surface area contributed by atoms with Gasteiger partial charge in [0.15, 0.2) is 11.5 Å². The second-order valence-electron chi connectivity index (χ2n) is 5.72. The minimum absolute atomic E-state index is 0.217. The number of aromatic nitrogens is 1. The Hall–Kier alpha value is -2.58. The molecule has 0 unspecified atom stereocenters. The zero-order chi connectivity index (χ0) is 17.9. The number of ether oxygens (including phenoxy) is 2. The van der Waals surface area contributed by atoms with Crippen molar-refractivity contribution >= 4 is 34.4 Å². The van der Waals surface area contributed by atoms with Crippen molar-refractivity contribution in [3.8, 4) is 22.1 Å². The minimum Gasteiger partial charge on any atom is -0.454 e. The molecule has 134 valence electrons. The van der Waals surface area contributed by atoms with Crippen molar-refractivity contribution in [3.63, 3.8) is 0 Å². The Balaban J connectivity index is 1.27. The van der Waals surface area contributed by atoms with E-state index in [4.69, 9.17) is 9.47 Å². The molecule has 2 amide bonds. The highest BCUT2D eigenvalue weighted by atomic mass is 32.1. The fourth-order valence-corrected chi connectivity index (χ4v) is 4.23. The smallest absolute Gasteiger partial charge is 0.319 e. The quantitative estimate of drug-likeness (QED) is 0.686. The number of carbonyl (C=O) groups is 1. The predicted molar refractivity (Wildman–Crippen MR) is 103 cm³/mol. The first kappa shape index (κ1) is 16.9. The Morgan fingerprint density at radius 1 is 1.23 bits per heavy atom. The maximum atomic E-state index is 12.0. The summed E-state index contributed by atoms with van der Waals surface area (Å²) in [5, 5.41) is 8.81. The summed E-state index contributed by atoms with van der Waals surface area (Å²) >= 11 is 3.36. The third kappa shape index (κ3) is 3.81. The van der Waals surface area contributed by atoms with Crippen molar-refractivity contribution in [3.05, 3.63) is 45.6 Å². The molecule has 2 aromatic heterocycles.